The Kier molecular flexibility index (Phi) is 4.09. The number of carboxylic acids is 1. The quantitative estimate of drug-likeness (QED) is 0.723. The van der Waals surface area contributed by atoms with Crippen molar-refractivity contribution < 1.29 is 9.90 Å². The van der Waals surface area contributed by atoms with Crippen molar-refractivity contribution in [1.29, 1.82) is 0 Å². The van der Waals surface area contributed by atoms with Gasteiger partial charge in [0.1, 0.15) is 5.82 Å². The molecule has 3 N–H and O–H groups in total. The molecule has 0 aliphatic carbocycles. The third-order valence-corrected chi connectivity index (χ3v) is 2.12. The van der Waals surface area contributed by atoms with Crippen molar-refractivity contribution in [3.05, 3.63) is 23.4 Å². The Morgan fingerprint density at radius 1 is 1.47 bits per heavy atom. The van der Waals surface area contributed by atoms with Crippen LogP contribution in [-0.2, 0) is 11.2 Å². The minimum absolute atomic E-state index is 0.224. The topological polar surface area (TPSA) is 76.2 Å². The maximum absolute atomic E-state index is 10.3. The molecule has 0 bridgehead atoms. The van der Waals surface area contributed by atoms with Gasteiger partial charge in [0.25, 0.3) is 0 Å². The lowest BCUT2D eigenvalue weighted by Crippen LogP contribution is -1.99. The van der Waals surface area contributed by atoms with Gasteiger partial charge in [-0.15, -0.1) is 0 Å². The van der Waals surface area contributed by atoms with Gasteiger partial charge in [-0.25, -0.2) is 4.98 Å². The monoisotopic (exact) mass is 208 g/mol. The molecule has 4 heteroatoms. The van der Waals surface area contributed by atoms with E-state index in [9.17, 15) is 4.79 Å². The van der Waals surface area contributed by atoms with E-state index in [-0.39, 0.29) is 6.42 Å². The Morgan fingerprint density at radius 2 is 2.20 bits per heavy atom. The van der Waals surface area contributed by atoms with E-state index in [2.05, 4.69) is 4.98 Å². The number of nitrogen functional groups attached to an aromatic ring is 1. The number of anilines is 1. The summed E-state index contributed by atoms with van der Waals surface area (Å²) in [6.07, 6.45) is 2.54. The lowest BCUT2D eigenvalue weighted by Gasteiger charge is -2.03. The normalized spacial score (nSPS) is 10.2. The van der Waals surface area contributed by atoms with Crippen LogP contribution in [0.1, 0.15) is 30.5 Å². The smallest absolute Gasteiger partial charge is 0.303 e. The number of aryl methyl sites for hydroxylation is 2. The van der Waals surface area contributed by atoms with Crippen LogP contribution in [0.15, 0.2) is 12.1 Å². The van der Waals surface area contributed by atoms with Crippen LogP contribution in [0.4, 0.5) is 5.82 Å². The van der Waals surface area contributed by atoms with Crippen molar-refractivity contribution in [1.82, 2.24) is 4.98 Å². The van der Waals surface area contributed by atoms with Crippen LogP contribution in [0, 0.1) is 6.92 Å². The fourth-order valence-electron chi connectivity index (χ4n) is 1.48. The van der Waals surface area contributed by atoms with E-state index in [4.69, 9.17) is 10.8 Å². The fourth-order valence-corrected chi connectivity index (χ4v) is 1.48. The number of nitrogens with two attached hydrogens (primary N) is 1. The first-order valence-corrected chi connectivity index (χ1v) is 5.03. The highest BCUT2D eigenvalue weighted by Gasteiger charge is 2.00. The molecule has 4 nitrogen and oxygen atoms in total. The molecule has 0 saturated carbocycles. The summed E-state index contributed by atoms with van der Waals surface area (Å²) >= 11 is 0. The lowest BCUT2D eigenvalue weighted by molar-refractivity contribution is -0.137. The molecule has 0 fully saturated rings. The number of nitrogens with zero attached hydrogens (tertiary/aromatic N) is 1. The van der Waals surface area contributed by atoms with Crippen LogP contribution in [0.5, 0.6) is 0 Å². The first-order chi connectivity index (χ1) is 7.08. The zero-order valence-corrected chi connectivity index (χ0v) is 8.86. The highest BCUT2D eigenvalue weighted by atomic mass is 16.4. The van der Waals surface area contributed by atoms with E-state index in [0.717, 1.165) is 24.1 Å². The van der Waals surface area contributed by atoms with Gasteiger partial charge in [-0.3, -0.25) is 4.79 Å². The van der Waals surface area contributed by atoms with E-state index in [1.54, 1.807) is 0 Å². The SMILES string of the molecule is Cc1cc(N)nc(CCCCC(=O)O)c1. The van der Waals surface area contributed by atoms with Crippen molar-refractivity contribution >= 4 is 11.8 Å². The summed E-state index contributed by atoms with van der Waals surface area (Å²) in [5.41, 5.74) is 7.64. The molecule has 1 aromatic heterocycles. The molecule has 1 aromatic rings. The minimum Gasteiger partial charge on any atom is -0.481 e. The summed E-state index contributed by atoms with van der Waals surface area (Å²) in [7, 11) is 0. The second-order valence-electron chi connectivity index (χ2n) is 3.66. The molecule has 0 aliphatic rings. The number of rotatable bonds is 5. The maximum atomic E-state index is 10.3. The summed E-state index contributed by atoms with van der Waals surface area (Å²) in [6.45, 7) is 1.97. The van der Waals surface area contributed by atoms with Gasteiger partial charge in [0.15, 0.2) is 0 Å². The number of hydrogen-bond acceptors (Lipinski definition) is 3. The standard InChI is InChI=1S/C11H16N2O2/c1-8-6-9(13-10(12)7-8)4-2-3-5-11(14)15/h6-7H,2-5H2,1H3,(H2,12,13)(H,14,15). The number of carbonyl (C=O) groups is 1. The third-order valence-electron chi connectivity index (χ3n) is 2.12. The first-order valence-electron chi connectivity index (χ1n) is 5.03. The Balaban J connectivity index is 2.40. The molecule has 0 radical (unpaired) electrons. The van der Waals surface area contributed by atoms with E-state index in [1.807, 2.05) is 19.1 Å². The second kappa shape index (κ2) is 5.34. The summed E-state index contributed by atoms with van der Waals surface area (Å²) in [4.78, 5) is 14.5. The molecule has 1 rings (SSSR count). The van der Waals surface area contributed by atoms with Gasteiger partial charge >= 0.3 is 5.97 Å². The Bertz CT molecular complexity index is 330. The molecular formula is C11H16N2O2. The van der Waals surface area contributed by atoms with Gasteiger partial charge < -0.3 is 10.8 Å². The fraction of sp³-hybridized carbons (Fsp3) is 0.455. The molecule has 0 saturated heterocycles. The molecule has 15 heavy (non-hydrogen) atoms. The predicted octanol–water partition coefficient (Wildman–Crippen LogP) is 1.77. The van der Waals surface area contributed by atoms with Crippen LogP contribution in [0.3, 0.4) is 0 Å². The summed E-state index contributed by atoms with van der Waals surface area (Å²) < 4.78 is 0. The average Bonchev–Trinajstić information content (AvgIpc) is 2.10. The van der Waals surface area contributed by atoms with E-state index in [0.29, 0.717) is 12.2 Å². The molecule has 0 aliphatic heterocycles. The van der Waals surface area contributed by atoms with Crippen LogP contribution >= 0.6 is 0 Å². The summed E-state index contributed by atoms with van der Waals surface area (Å²) in [5, 5.41) is 8.46. The highest BCUT2D eigenvalue weighted by molar-refractivity contribution is 5.66. The van der Waals surface area contributed by atoms with Crippen molar-refractivity contribution in [3.8, 4) is 0 Å². The van der Waals surface area contributed by atoms with Gasteiger partial charge in [-0.05, 0) is 43.9 Å². The number of aliphatic carboxylic acids is 1. The van der Waals surface area contributed by atoms with Gasteiger partial charge in [0.05, 0.1) is 0 Å². The predicted molar refractivity (Wildman–Crippen MR) is 58.6 cm³/mol. The molecule has 0 spiro atoms. The number of aromatic nitrogens is 1. The largest absolute Gasteiger partial charge is 0.481 e. The summed E-state index contributed by atoms with van der Waals surface area (Å²) in [6, 6.07) is 3.80. The number of pyridine rings is 1. The van der Waals surface area contributed by atoms with Crippen molar-refractivity contribution in [2.45, 2.75) is 32.6 Å². The van der Waals surface area contributed by atoms with E-state index >= 15 is 0 Å². The molecule has 0 aromatic carbocycles. The van der Waals surface area contributed by atoms with Crippen LogP contribution in [-0.4, -0.2) is 16.1 Å². The zero-order valence-electron chi connectivity index (χ0n) is 8.86. The Morgan fingerprint density at radius 3 is 2.80 bits per heavy atom. The molecule has 82 valence electrons. The molecule has 1 heterocycles. The van der Waals surface area contributed by atoms with Crippen molar-refractivity contribution in [2.24, 2.45) is 0 Å². The van der Waals surface area contributed by atoms with E-state index < -0.39 is 5.97 Å². The lowest BCUT2D eigenvalue weighted by atomic mass is 10.1. The number of carboxylic acid groups (broad SMARTS) is 1. The highest BCUT2D eigenvalue weighted by Crippen LogP contribution is 2.09. The van der Waals surface area contributed by atoms with Gasteiger partial charge in [-0.1, -0.05) is 0 Å². The maximum Gasteiger partial charge on any atom is 0.303 e. The second-order valence-corrected chi connectivity index (χ2v) is 3.66. The summed E-state index contributed by atoms with van der Waals surface area (Å²) in [5.74, 6) is -0.213. The molecular weight excluding hydrogens is 192 g/mol. The average molecular weight is 208 g/mol. The molecule has 0 atom stereocenters. The first kappa shape index (κ1) is 11.5. The van der Waals surface area contributed by atoms with Crippen molar-refractivity contribution in [2.75, 3.05) is 5.73 Å². The van der Waals surface area contributed by atoms with Gasteiger partial charge in [0, 0.05) is 12.1 Å². The Labute approximate surface area is 89.1 Å². The van der Waals surface area contributed by atoms with Crippen LogP contribution in [0.2, 0.25) is 0 Å². The van der Waals surface area contributed by atoms with E-state index in [1.165, 1.54) is 0 Å². The molecule has 0 unspecified atom stereocenters. The van der Waals surface area contributed by atoms with Crippen LogP contribution < -0.4 is 5.73 Å². The van der Waals surface area contributed by atoms with Gasteiger partial charge in [0.2, 0.25) is 0 Å². The van der Waals surface area contributed by atoms with Crippen LogP contribution in [0.25, 0.3) is 0 Å². The minimum atomic E-state index is -0.744. The van der Waals surface area contributed by atoms with Crippen molar-refractivity contribution in [3.63, 3.8) is 0 Å². The number of unbranched alkanes of at least 4 members (excludes halogenated alkanes) is 1. The number of hydrogen-bond donors (Lipinski definition) is 2. The molecule has 0 amide bonds. The zero-order chi connectivity index (χ0) is 11.3. The van der Waals surface area contributed by atoms with Gasteiger partial charge in [-0.2, -0.15) is 0 Å². The Hall–Kier alpha value is -1.58. The third kappa shape index (κ3) is 4.44.